The molecule has 5 nitrogen and oxygen atoms in total. The Labute approximate surface area is 105 Å². The first-order valence-corrected chi connectivity index (χ1v) is 4.91. The van der Waals surface area contributed by atoms with E-state index in [2.05, 4.69) is 14.8 Å². The van der Waals surface area contributed by atoms with Gasteiger partial charge >= 0.3 is 5.97 Å². The van der Waals surface area contributed by atoms with Gasteiger partial charge in [0.1, 0.15) is 6.04 Å². The van der Waals surface area contributed by atoms with Gasteiger partial charge in [0.2, 0.25) is 0 Å². The molecule has 0 aliphatic carbocycles. The molecule has 0 aliphatic rings. The summed E-state index contributed by atoms with van der Waals surface area (Å²) in [5.74, 6) is -0.548. The number of halogens is 1. The van der Waals surface area contributed by atoms with Crippen molar-refractivity contribution < 1.29 is 9.53 Å². The molecule has 1 unspecified atom stereocenters. The first-order chi connectivity index (χ1) is 7.67. The molecule has 0 amide bonds. The van der Waals surface area contributed by atoms with Crippen molar-refractivity contribution in [2.75, 3.05) is 7.11 Å². The summed E-state index contributed by atoms with van der Waals surface area (Å²) in [6, 6.07) is 6.12. The van der Waals surface area contributed by atoms with E-state index in [9.17, 15) is 4.79 Å². The lowest BCUT2D eigenvalue weighted by molar-refractivity contribution is -0.142. The van der Waals surface area contributed by atoms with Crippen LogP contribution in [-0.4, -0.2) is 19.1 Å². The Morgan fingerprint density at radius 2 is 2.12 bits per heavy atom. The van der Waals surface area contributed by atoms with Crippen molar-refractivity contribution in [3.63, 3.8) is 0 Å². The Balaban J connectivity index is 0.00000256. The van der Waals surface area contributed by atoms with Crippen LogP contribution in [0.2, 0.25) is 5.02 Å². The van der Waals surface area contributed by atoms with Crippen molar-refractivity contribution in [3.05, 3.63) is 45.3 Å². The maximum atomic E-state index is 11.3. The summed E-state index contributed by atoms with van der Waals surface area (Å²) in [7, 11) is 1.25. The highest BCUT2D eigenvalue weighted by Crippen LogP contribution is 2.12. The van der Waals surface area contributed by atoms with E-state index in [1.165, 1.54) is 7.11 Å². The van der Waals surface area contributed by atoms with Crippen molar-refractivity contribution in [2.24, 2.45) is 5.11 Å². The van der Waals surface area contributed by atoms with Crippen LogP contribution in [0, 0.1) is 0 Å². The zero-order chi connectivity index (χ0) is 12.0. The van der Waals surface area contributed by atoms with E-state index < -0.39 is 12.0 Å². The van der Waals surface area contributed by atoms with Crippen LogP contribution in [0.4, 0.5) is 0 Å². The lowest BCUT2D eigenvalue weighted by Gasteiger charge is -2.08. The second-order valence-corrected chi connectivity index (χ2v) is 3.51. The first kappa shape index (κ1) is 15.3. The van der Waals surface area contributed by atoms with E-state index >= 15 is 0 Å². The second-order valence-electron chi connectivity index (χ2n) is 3.07. The Hall–Kier alpha value is -1.71. The van der Waals surface area contributed by atoms with Crippen molar-refractivity contribution in [1.29, 1.82) is 0 Å². The number of hydrogen-bond acceptors (Lipinski definition) is 3. The minimum Gasteiger partial charge on any atom is -0.469 e. The van der Waals surface area contributed by atoms with E-state index in [4.69, 9.17) is 17.1 Å². The molecule has 1 rings (SSSR count). The number of rotatable bonds is 4. The van der Waals surface area contributed by atoms with Crippen LogP contribution < -0.4 is 0 Å². The number of esters is 1. The molecular formula is C11H14ClN3O2. The lowest BCUT2D eigenvalue weighted by Crippen LogP contribution is -2.22. The molecule has 0 saturated heterocycles. The summed E-state index contributed by atoms with van der Waals surface area (Å²) in [6.45, 7) is 0. The predicted molar refractivity (Wildman–Crippen MR) is 66.8 cm³/mol. The third-order valence-electron chi connectivity index (χ3n) is 2.01. The normalized spacial score (nSPS) is 10.7. The fraction of sp³-hybridized carbons (Fsp3) is 0.364. The van der Waals surface area contributed by atoms with Gasteiger partial charge in [-0.15, -0.1) is 0 Å². The second kappa shape index (κ2) is 7.54. The quantitative estimate of drug-likeness (QED) is 0.358. The van der Waals surface area contributed by atoms with Gasteiger partial charge in [-0.05, 0) is 29.6 Å². The molecule has 0 saturated carbocycles. The third-order valence-corrected chi connectivity index (χ3v) is 2.26. The number of hydrogen-bond donors (Lipinski definition) is 0. The van der Waals surface area contributed by atoms with Crippen LogP contribution in [0.1, 0.15) is 13.0 Å². The predicted octanol–water partition coefficient (Wildman–Crippen LogP) is 3.37. The molecule has 0 N–H and O–H groups in total. The number of ether oxygens (including phenoxy) is 1. The zero-order valence-corrected chi connectivity index (χ0v) is 9.39. The monoisotopic (exact) mass is 255 g/mol. The highest BCUT2D eigenvalue weighted by Gasteiger charge is 2.17. The molecule has 0 radical (unpaired) electrons. The highest BCUT2D eigenvalue weighted by atomic mass is 35.5. The number of methoxy groups -OCH3 is 1. The molecular weight excluding hydrogens is 242 g/mol. The Morgan fingerprint density at radius 1 is 1.53 bits per heavy atom. The summed E-state index contributed by atoms with van der Waals surface area (Å²) < 4.78 is 4.53. The number of carbonyl (C=O) groups is 1. The molecule has 0 heterocycles. The number of benzene rings is 1. The maximum Gasteiger partial charge on any atom is 0.314 e. The Kier molecular flexibility index (Phi) is 6.79. The van der Waals surface area contributed by atoms with Gasteiger partial charge in [0.15, 0.2) is 0 Å². The molecule has 92 valence electrons. The van der Waals surface area contributed by atoms with Crippen molar-refractivity contribution in [1.82, 2.24) is 0 Å². The van der Waals surface area contributed by atoms with Gasteiger partial charge in [0, 0.05) is 9.93 Å². The molecule has 0 aliphatic heterocycles. The molecule has 1 aromatic rings. The molecule has 0 fully saturated rings. The van der Waals surface area contributed by atoms with Crippen LogP contribution in [0.15, 0.2) is 29.4 Å². The number of azide groups is 1. The van der Waals surface area contributed by atoms with Crippen LogP contribution in [-0.2, 0) is 16.0 Å². The smallest absolute Gasteiger partial charge is 0.314 e. The van der Waals surface area contributed by atoms with Gasteiger partial charge in [-0.2, -0.15) is 0 Å². The zero-order valence-electron chi connectivity index (χ0n) is 8.63. The fourth-order valence-electron chi connectivity index (χ4n) is 1.21. The first-order valence-electron chi connectivity index (χ1n) is 4.54. The van der Waals surface area contributed by atoms with E-state index in [0.29, 0.717) is 11.4 Å². The van der Waals surface area contributed by atoms with Gasteiger partial charge in [0.05, 0.1) is 7.11 Å². The molecule has 6 heteroatoms. The van der Waals surface area contributed by atoms with E-state index in [-0.39, 0.29) is 7.43 Å². The van der Waals surface area contributed by atoms with Crippen LogP contribution in [0.25, 0.3) is 10.4 Å². The van der Waals surface area contributed by atoms with Gasteiger partial charge in [-0.25, -0.2) is 0 Å². The van der Waals surface area contributed by atoms with E-state index in [1.807, 2.05) is 0 Å². The minimum atomic E-state index is -0.837. The average molecular weight is 256 g/mol. The molecule has 0 bridgehead atoms. The molecule has 1 atom stereocenters. The molecule has 0 spiro atoms. The van der Waals surface area contributed by atoms with Crippen LogP contribution in [0.5, 0.6) is 0 Å². The minimum absolute atomic E-state index is 0. The molecule has 0 aromatic heterocycles. The summed E-state index contributed by atoms with van der Waals surface area (Å²) in [4.78, 5) is 13.9. The number of carbonyl (C=O) groups excluding carboxylic acids is 1. The summed E-state index contributed by atoms with van der Waals surface area (Å²) in [6.07, 6.45) is 0.300. The Bertz CT molecular complexity index is 413. The molecule has 17 heavy (non-hydrogen) atoms. The van der Waals surface area contributed by atoms with Crippen molar-refractivity contribution in [3.8, 4) is 0 Å². The van der Waals surface area contributed by atoms with E-state index in [0.717, 1.165) is 5.56 Å². The topological polar surface area (TPSA) is 75.1 Å². The fourth-order valence-corrected chi connectivity index (χ4v) is 1.34. The van der Waals surface area contributed by atoms with Crippen LogP contribution in [0.3, 0.4) is 0 Å². The van der Waals surface area contributed by atoms with Crippen molar-refractivity contribution >= 4 is 17.6 Å². The summed E-state index contributed by atoms with van der Waals surface area (Å²) >= 11 is 5.73. The van der Waals surface area contributed by atoms with Gasteiger partial charge in [-0.1, -0.05) is 36.3 Å². The van der Waals surface area contributed by atoms with Gasteiger partial charge in [-0.3, -0.25) is 4.79 Å². The number of nitrogens with zero attached hydrogens (tertiary/aromatic N) is 3. The summed E-state index contributed by atoms with van der Waals surface area (Å²) in [5.41, 5.74) is 9.19. The van der Waals surface area contributed by atoms with Crippen LogP contribution >= 0.6 is 11.6 Å². The van der Waals surface area contributed by atoms with E-state index in [1.54, 1.807) is 24.3 Å². The maximum absolute atomic E-state index is 11.3. The highest BCUT2D eigenvalue weighted by molar-refractivity contribution is 6.30. The lowest BCUT2D eigenvalue weighted by atomic mass is 10.1. The average Bonchev–Trinajstić information content (AvgIpc) is 2.30. The summed E-state index contributed by atoms with van der Waals surface area (Å²) in [5, 5.41) is 4.00. The molecule has 1 aromatic carbocycles. The third kappa shape index (κ3) is 4.76. The van der Waals surface area contributed by atoms with Gasteiger partial charge in [0.25, 0.3) is 0 Å². The SMILES string of the molecule is C.COC(=O)C(Cc1ccc(Cl)cc1)N=[N+]=[N-]. The standard InChI is InChI=1S/C10H10ClN3O2.CH4/c1-16-10(15)9(13-14-12)6-7-2-4-8(11)5-3-7;/h2-5,9H,6H2,1H3;1H4. The largest absolute Gasteiger partial charge is 0.469 e. The Morgan fingerprint density at radius 3 is 2.59 bits per heavy atom. The van der Waals surface area contributed by atoms with Gasteiger partial charge < -0.3 is 4.74 Å². The van der Waals surface area contributed by atoms with Crippen molar-refractivity contribution in [2.45, 2.75) is 19.9 Å².